The van der Waals surface area contributed by atoms with Crippen molar-refractivity contribution in [1.82, 2.24) is 0 Å². The van der Waals surface area contributed by atoms with E-state index in [1.807, 2.05) is 0 Å². The molecule has 2 aliphatic carbocycles. The smallest absolute Gasteiger partial charge is 0.0126 e. The molecule has 0 amide bonds. The molecule has 0 heteroatoms. The molecule has 3 atom stereocenters. The molecule has 0 nitrogen and oxygen atoms in total. The second kappa shape index (κ2) is 3.61. The summed E-state index contributed by atoms with van der Waals surface area (Å²) >= 11 is 0. The van der Waals surface area contributed by atoms with Crippen LogP contribution in [-0.4, -0.2) is 0 Å². The molecule has 0 unspecified atom stereocenters. The highest BCUT2D eigenvalue weighted by atomic mass is 14.5. The minimum Gasteiger partial charge on any atom is -0.0561 e. The molecule has 0 N–H and O–H groups in total. The lowest BCUT2D eigenvalue weighted by Crippen LogP contribution is -2.11. The van der Waals surface area contributed by atoms with Crippen molar-refractivity contribution in [2.75, 3.05) is 0 Å². The topological polar surface area (TPSA) is 0 Å². The van der Waals surface area contributed by atoms with Gasteiger partial charge in [-0.05, 0) is 74.5 Å². The van der Waals surface area contributed by atoms with E-state index in [1.165, 1.54) is 42.4 Å². The number of rotatable bonds is 1. The normalized spacial score (nSPS) is 32.3. The third-order valence-electron chi connectivity index (χ3n) is 4.85. The van der Waals surface area contributed by atoms with Gasteiger partial charge in [0.2, 0.25) is 0 Å². The lowest BCUT2D eigenvalue weighted by atomic mass is 9.79. The predicted octanol–water partition coefficient (Wildman–Crippen LogP) is 4.52. The summed E-state index contributed by atoms with van der Waals surface area (Å²) in [5.74, 6) is 2.94. The molecule has 1 aromatic carbocycles. The fourth-order valence-electron chi connectivity index (χ4n) is 4.37. The minimum atomic E-state index is 0.888. The summed E-state index contributed by atoms with van der Waals surface area (Å²) in [7, 11) is 0. The Morgan fingerprint density at radius 1 is 0.938 bits per heavy atom. The Morgan fingerprint density at radius 2 is 1.62 bits per heavy atom. The van der Waals surface area contributed by atoms with Gasteiger partial charge in [-0.3, -0.25) is 0 Å². The summed E-state index contributed by atoms with van der Waals surface area (Å²) in [4.78, 5) is 0. The van der Waals surface area contributed by atoms with Crippen LogP contribution in [0.5, 0.6) is 0 Å². The third kappa shape index (κ3) is 1.50. The molecule has 16 heavy (non-hydrogen) atoms. The summed E-state index contributed by atoms with van der Waals surface area (Å²) in [5, 5.41) is 0. The predicted molar refractivity (Wildman–Crippen MR) is 68.8 cm³/mol. The average molecular weight is 214 g/mol. The standard InChI is InChI=1S/C16H22/c1-10-6-11(2)16(12(3)7-10)15-9-13-4-5-14(15)8-13/h6-7,13-15H,4-5,8-9H2,1-3H3/t13-,14+,15+/m1/s1. The second-order valence-electron chi connectivity index (χ2n) is 6.09. The fraction of sp³-hybridized carbons (Fsp3) is 0.625. The first kappa shape index (κ1) is 10.4. The van der Waals surface area contributed by atoms with E-state index >= 15 is 0 Å². The van der Waals surface area contributed by atoms with Crippen molar-refractivity contribution in [3.63, 3.8) is 0 Å². The summed E-state index contributed by atoms with van der Waals surface area (Å²) < 4.78 is 0. The van der Waals surface area contributed by atoms with E-state index < -0.39 is 0 Å². The number of aryl methyl sites for hydroxylation is 3. The highest BCUT2D eigenvalue weighted by molar-refractivity contribution is 5.41. The molecule has 0 radical (unpaired) electrons. The first-order chi connectivity index (χ1) is 7.65. The average Bonchev–Trinajstić information content (AvgIpc) is 2.77. The van der Waals surface area contributed by atoms with Crippen LogP contribution >= 0.6 is 0 Å². The van der Waals surface area contributed by atoms with Crippen LogP contribution in [0.3, 0.4) is 0 Å². The molecule has 2 saturated carbocycles. The Hall–Kier alpha value is -0.780. The SMILES string of the molecule is Cc1cc(C)c([C@H]2C[C@@H]3CC[C@H]2C3)c(C)c1. The van der Waals surface area contributed by atoms with Crippen LogP contribution in [0.25, 0.3) is 0 Å². The van der Waals surface area contributed by atoms with Crippen molar-refractivity contribution in [2.45, 2.75) is 52.4 Å². The van der Waals surface area contributed by atoms with E-state index in [0.29, 0.717) is 0 Å². The van der Waals surface area contributed by atoms with E-state index in [4.69, 9.17) is 0 Å². The molecular weight excluding hydrogens is 192 g/mol. The van der Waals surface area contributed by atoms with Gasteiger partial charge in [0.25, 0.3) is 0 Å². The lowest BCUT2D eigenvalue weighted by Gasteiger charge is -2.26. The Balaban J connectivity index is 2.01. The van der Waals surface area contributed by atoms with E-state index in [9.17, 15) is 0 Å². The van der Waals surface area contributed by atoms with Crippen LogP contribution in [0.4, 0.5) is 0 Å². The molecule has 0 saturated heterocycles. The van der Waals surface area contributed by atoms with Gasteiger partial charge in [-0.1, -0.05) is 24.1 Å². The van der Waals surface area contributed by atoms with E-state index in [0.717, 1.165) is 17.8 Å². The van der Waals surface area contributed by atoms with Crippen molar-refractivity contribution in [3.05, 3.63) is 34.4 Å². The van der Waals surface area contributed by atoms with Gasteiger partial charge in [0.05, 0.1) is 0 Å². The van der Waals surface area contributed by atoms with E-state index in [1.54, 1.807) is 5.56 Å². The molecule has 0 aliphatic heterocycles. The highest BCUT2D eigenvalue weighted by Gasteiger charge is 2.40. The monoisotopic (exact) mass is 214 g/mol. The van der Waals surface area contributed by atoms with Gasteiger partial charge >= 0.3 is 0 Å². The Bertz CT molecular complexity index is 393. The Labute approximate surface area is 99.1 Å². The second-order valence-corrected chi connectivity index (χ2v) is 6.09. The lowest BCUT2D eigenvalue weighted by molar-refractivity contribution is 0.417. The van der Waals surface area contributed by atoms with Gasteiger partial charge in [0.15, 0.2) is 0 Å². The zero-order valence-corrected chi connectivity index (χ0v) is 10.7. The number of hydrogen-bond donors (Lipinski definition) is 0. The van der Waals surface area contributed by atoms with E-state index in [-0.39, 0.29) is 0 Å². The van der Waals surface area contributed by atoms with Crippen LogP contribution in [-0.2, 0) is 0 Å². The molecule has 2 aliphatic rings. The molecule has 1 aromatic rings. The van der Waals surface area contributed by atoms with Gasteiger partial charge < -0.3 is 0 Å². The van der Waals surface area contributed by atoms with Gasteiger partial charge in [-0.25, -0.2) is 0 Å². The zero-order chi connectivity index (χ0) is 11.3. The van der Waals surface area contributed by atoms with Crippen molar-refractivity contribution >= 4 is 0 Å². The van der Waals surface area contributed by atoms with Crippen molar-refractivity contribution in [1.29, 1.82) is 0 Å². The summed E-state index contributed by atoms with van der Waals surface area (Å²) in [6, 6.07) is 4.74. The van der Waals surface area contributed by atoms with Crippen molar-refractivity contribution in [2.24, 2.45) is 11.8 Å². The molecule has 0 spiro atoms. The van der Waals surface area contributed by atoms with Gasteiger partial charge in [-0.2, -0.15) is 0 Å². The zero-order valence-electron chi connectivity index (χ0n) is 10.7. The minimum absolute atomic E-state index is 0.888. The third-order valence-corrected chi connectivity index (χ3v) is 4.85. The number of hydrogen-bond acceptors (Lipinski definition) is 0. The van der Waals surface area contributed by atoms with E-state index in [2.05, 4.69) is 32.9 Å². The van der Waals surface area contributed by atoms with Crippen molar-refractivity contribution in [3.8, 4) is 0 Å². The Kier molecular flexibility index (Phi) is 2.34. The van der Waals surface area contributed by atoms with Gasteiger partial charge in [0, 0.05) is 0 Å². The first-order valence-corrected chi connectivity index (χ1v) is 6.73. The van der Waals surface area contributed by atoms with Gasteiger partial charge in [0.1, 0.15) is 0 Å². The quantitative estimate of drug-likeness (QED) is 0.645. The highest BCUT2D eigenvalue weighted by Crippen LogP contribution is 2.53. The van der Waals surface area contributed by atoms with Crippen molar-refractivity contribution < 1.29 is 0 Å². The maximum absolute atomic E-state index is 2.37. The van der Waals surface area contributed by atoms with Crippen LogP contribution in [0.15, 0.2) is 12.1 Å². The molecule has 2 bridgehead atoms. The molecule has 0 heterocycles. The molecule has 2 fully saturated rings. The Morgan fingerprint density at radius 3 is 2.12 bits per heavy atom. The summed E-state index contributed by atoms with van der Waals surface area (Å²) in [5.41, 5.74) is 6.19. The van der Waals surface area contributed by atoms with Crippen LogP contribution < -0.4 is 0 Å². The number of benzene rings is 1. The van der Waals surface area contributed by atoms with Crippen LogP contribution in [0.2, 0.25) is 0 Å². The maximum atomic E-state index is 2.37. The maximum Gasteiger partial charge on any atom is -0.0126 e. The fourth-order valence-corrected chi connectivity index (χ4v) is 4.37. The largest absolute Gasteiger partial charge is 0.0561 e. The summed E-state index contributed by atoms with van der Waals surface area (Å²) in [6.07, 6.45) is 5.97. The molecular formula is C16H22. The molecule has 0 aromatic heterocycles. The first-order valence-electron chi connectivity index (χ1n) is 6.73. The number of fused-ring (bicyclic) bond motifs is 2. The molecule has 3 rings (SSSR count). The summed E-state index contributed by atoms with van der Waals surface area (Å²) in [6.45, 7) is 6.83. The molecule has 86 valence electrons. The van der Waals surface area contributed by atoms with Crippen LogP contribution in [0.1, 0.15) is 53.9 Å². The van der Waals surface area contributed by atoms with Gasteiger partial charge in [-0.15, -0.1) is 0 Å². The van der Waals surface area contributed by atoms with Crippen LogP contribution in [0, 0.1) is 32.6 Å².